The molecule has 0 N–H and O–H groups in total. The highest BCUT2D eigenvalue weighted by Crippen LogP contribution is 2.23. The van der Waals surface area contributed by atoms with E-state index in [4.69, 9.17) is 4.74 Å². The summed E-state index contributed by atoms with van der Waals surface area (Å²) in [4.78, 5) is 11.4. The van der Waals surface area contributed by atoms with Crippen LogP contribution in [-0.2, 0) is 11.3 Å². The lowest BCUT2D eigenvalue weighted by Gasteiger charge is -2.18. The summed E-state index contributed by atoms with van der Waals surface area (Å²) in [5.41, 5.74) is 2.92. The summed E-state index contributed by atoms with van der Waals surface area (Å²) in [5.74, 6) is -0.162. The van der Waals surface area contributed by atoms with Gasteiger partial charge in [0, 0.05) is 5.56 Å². The van der Waals surface area contributed by atoms with Gasteiger partial charge in [0.1, 0.15) is 6.61 Å². The molecule has 0 saturated carbocycles. The molecule has 2 rings (SSSR count). The molecule has 1 heterocycles. The Balaban J connectivity index is 2.59. The maximum atomic E-state index is 11.4. The van der Waals surface area contributed by atoms with Gasteiger partial charge in [0.2, 0.25) is 0 Å². The first kappa shape index (κ1) is 10.4. The molecule has 0 unspecified atom stereocenters. The van der Waals surface area contributed by atoms with Crippen molar-refractivity contribution in [2.45, 2.75) is 33.2 Å². The van der Waals surface area contributed by atoms with Crippen molar-refractivity contribution in [3.8, 4) is 0 Å². The van der Waals surface area contributed by atoms with Gasteiger partial charge in [-0.05, 0) is 12.5 Å². The van der Waals surface area contributed by atoms with Gasteiger partial charge in [-0.3, -0.25) is 0 Å². The molecule has 15 heavy (non-hydrogen) atoms. The number of esters is 1. The van der Waals surface area contributed by atoms with Crippen molar-refractivity contribution in [1.82, 2.24) is 0 Å². The quantitative estimate of drug-likeness (QED) is 0.536. The summed E-state index contributed by atoms with van der Waals surface area (Å²) in [5, 5.41) is 1.40. The molecule has 0 atom stereocenters. The van der Waals surface area contributed by atoms with Gasteiger partial charge in [-0.15, -0.1) is 0 Å². The molecule has 3 heteroatoms. The van der Waals surface area contributed by atoms with Crippen LogP contribution in [0.3, 0.4) is 0 Å². The molecular formula is C12H16O2Si. The summed E-state index contributed by atoms with van der Waals surface area (Å²) in [6, 6.07) is 4.30. The molecule has 0 radical (unpaired) electrons. The fourth-order valence-electron chi connectivity index (χ4n) is 1.91. The zero-order valence-corrected chi connectivity index (χ0v) is 10.7. The standard InChI is InChI=1S/C12H16O2Si/c1-8-5-10(15(2,3)4)6-9-7-14-12(13)11(8)9/h5-6H,7H2,1-4H3. The number of carbonyl (C=O) groups is 1. The molecule has 80 valence electrons. The Labute approximate surface area is 91.3 Å². The Kier molecular flexibility index (Phi) is 2.23. The number of hydrogen-bond donors (Lipinski definition) is 0. The average molecular weight is 220 g/mol. The normalized spacial score (nSPS) is 15.1. The van der Waals surface area contributed by atoms with E-state index in [0.717, 1.165) is 16.7 Å². The van der Waals surface area contributed by atoms with Crippen LogP contribution >= 0.6 is 0 Å². The molecule has 0 amide bonds. The van der Waals surface area contributed by atoms with Crippen LogP contribution in [0.5, 0.6) is 0 Å². The molecule has 1 aliphatic rings. The predicted molar refractivity (Wildman–Crippen MR) is 63.3 cm³/mol. The smallest absolute Gasteiger partial charge is 0.339 e. The van der Waals surface area contributed by atoms with Gasteiger partial charge >= 0.3 is 5.97 Å². The van der Waals surface area contributed by atoms with E-state index in [-0.39, 0.29) is 5.97 Å². The van der Waals surface area contributed by atoms with Crippen LogP contribution in [0.1, 0.15) is 21.5 Å². The van der Waals surface area contributed by atoms with Crippen molar-refractivity contribution in [3.05, 3.63) is 28.8 Å². The monoisotopic (exact) mass is 220 g/mol. The van der Waals surface area contributed by atoms with Crippen molar-refractivity contribution in [2.75, 3.05) is 0 Å². The van der Waals surface area contributed by atoms with Crippen LogP contribution in [0, 0.1) is 6.92 Å². The fourth-order valence-corrected chi connectivity index (χ4v) is 3.17. The number of cyclic esters (lactones) is 1. The van der Waals surface area contributed by atoms with E-state index in [1.54, 1.807) is 0 Å². The molecule has 1 aromatic rings. The summed E-state index contributed by atoms with van der Waals surface area (Å²) >= 11 is 0. The third-order valence-electron chi connectivity index (χ3n) is 2.85. The lowest BCUT2D eigenvalue weighted by molar-refractivity contribution is 0.0534. The number of fused-ring (bicyclic) bond motifs is 1. The zero-order chi connectivity index (χ0) is 11.2. The maximum Gasteiger partial charge on any atom is 0.339 e. The van der Waals surface area contributed by atoms with Crippen LogP contribution in [0.2, 0.25) is 19.6 Å². The lowest BCUT2D eigenvalue weighted by Crippen LogP contribution is -2.38. The molecule has 0 bridgehead atoms. The van der Waals surface area contributed by atoms with Crippen molar-refractivity contribution in [2.24, 2.45) is 0 Å². The lowest BCUT2D eigenvalue weighted by atomic mass is 10.0. The SMILES string of the molecule is Cc1cc([Si](C)(C)C)cc2c1C(=O)OC2. The van der Waals surface area contributed by atoms with E-state index in [2.05, 4.69) is 31.8 Å². The second kappa shape index (κ2) is 3.20. The van der Waals surface area contributed by atoms with Crippen molar-refractivity contribution in [3.63, 3.8) is 0 Å². The van der Waals surface area contributed by atoms with E-state index in [0.29, 0.717) is 6.61 Å². The first-order valence-corrected chi connectivity index (χ1v) is 8.71. The molecule has 0 fully saturated rings. The Morgan fingerprint density at radius 2 is 1.93 bits per heavy atom. The average Bonchev–Trinajstić information content (AvgIpc) is 2.46. The van der Waals surface area contributed by atoms with Gasteiger partial charge in [-0.25, -0.2) is 4.79 Å². The van der Waals surface area contributed by atoms with E-state index < -0.39 is 8.07 Å². The van der Waals surface area contributed by atoms with Gasteiger partial charge in [-0.1, -0.05) is 37.0 Å². The van der Waals surface area contributed by atoms with E-state index >= 15 is 0 Å². The van der Waals surface area contributed by atoms with Crippen LogP contribution < -0.4 is 5.19 Å². The Bertz CT molecular complexity index is 430. The van der Waals surface area contributed by atoms with Gasteiger partial charge in [-0.2, -0.15) is 0 Å². The maximum absolute atomic E-state index is 11.4. The molecule has 0 aliphatic carbocycles. The minimum absolute atomic E-state index is 0.162. The molecule has 0 spiro atoms. The fraction of sp³-hybridized carbons (Fsp3) is 0.417. The molecule has 0 saturated heterocycles. The second-order valence-electron chi connectivity index (χ2n) is 5.15. The van der Waals surface area contributed by atoms with Crippen LogP contribution in [0.15, 0.2) is 12.1 Å². The summed E-state index contributed by atoms with van der Waals surface area (Å²) in [6.45, 7) is 9.38. The van der Waals surface area contributed by atoms with Gasteiger partial charge in [0.25, 0.3) is 0 Å². The number of aryl methyl sites for hydroxylation is 1. The van der Waals surface area contributed by atoms with E-state index in [1.165, 1.54) is 5.19 Å². The topological polar surface area (TPSA) is 26.3 Å². The molecular weight excluding hydrogens is 204 g/mol. The van der Waals surface area contributed by atoms with Crippen LogP contribution in [-0.4, -0.2) is 14.0 Å². The third-order valence-corrected chi connectivity index (χ3v) is 4.87. The zero-order valence-electron chi connectivity index (χ0n) is 9.68. The number of hydrogen-bond acceptors (Lipinski definition) is 2. The first-order chi connectivity index (χ1) is 6.89. The largest absolute Gasteiger partial charge is 0.457 e. The summed E-state index contributed by atoms with van der Waals surface area (Å²) < 4.78 is 5.05. The van der Waals surface area contributed by atoms with Crippen molar-refractivity contribution < 1.29 is 9.53 Å². The third kappa shape index (κ3) is 1.72. The Morgan fingerprint density at radius 1 is 1.27 bits per heavy atom. The van der Waals surface area contributed by atoms with Crippen LogP contribution in [0.25, 0.3) is 0 Å². The van der Waals surface area contributed by atoms with Gasteiger partial charge < -0.3 is 4.74 Å². The highest BCUT2D eigenvalue weighted by Gasteiger charge is 2.26. The first-order valence-electron chi connectivity index (χ1n) is 5.21. The van der Waals surface area contributed by atoms with Gasteiger partial charge in [0.05, 0.1) is 13.6 Å². The van der Waals surface area contributed by atoms with Gasteiger partial charge in [0.15, 0.2) is 0 Å². The number of benzene rings is 1. The van der Waals surface area contributed by atoms with Crippen LogP contribution in [0.4, 0.5) is 0 Å². The number of ether oxygens (including phenoxy) is 1. The molecule has 1 aliphatic heterocycles. The number of rotatable bonds is 1. The van der Waals surface area contributed by atoms with E-state index in [9.17, 15) is 4.79 Å². The summed E-state index contributed by atoms with van der Waals surface area (Å²) in [6.07, 6.45) is 0. The predicted octanol–water partition coefficient (Wildman–Crippen LogP) is 2.21. The Hall–Kier alpha value is -1.09. The van der Waals surface area contributed by atoms with Crippen molar-refractivity contribution >= 4 is 19.2 Å². The highest BCUT2D eigenvalue weighted by molar-refractivity contribution is 6.88. The second-order valence-corrected chi connectivity index (χ2v) is 10.2. The molecule has 1 aromatic carbocycles. The van der Waals surface area contributed by atoms with Crippen molar-refractivity contribution in [1.29, 1.82) is 0 Å². The minimum Gasteiger partial charge on any atom is -0.457 e. The van der Waals surface area contributed by atoms with E-state index in [1.807, 2.05) is 6.92 Å². The minimum atomic E-state index is -1.30. The highest BCUT2D eigenvalue weighted by atomic mass is 28.3. The Morgan fingerprint density at radius 3 is 2.53 bits per heavy atom. The molecule has 2 nitrogen and oxygen atoms in total. The molecule has 0 aromatic heterocycles. The summed E-state index contributed by atoms with van der Waals surface area (Å²) in [7, 11) is -1.30. The number of carbonyl (C=O) groups excluding carboxylic acids is 1.